The maximum Gasteiger partial charge on any atom is 0.340 e. The first-order chi connectivity index (χ1) is 12.8. The molecule has 1 aromatic carbocycles. The average molecular weight is 391 g/mol. The van der Waals surface area contributed by atoms with Crippen LogP contribution >= 0.6 is 11.8 Å². The Hall–Kier alpha value is -2.55. The quantitative estimate of drug-likeness (QED) is 0.366. The standard InChI is InChI=1S/C18H21N3O5S/c1-10(14(22)19-11-7-8-11)26-15(23)12-5-3-4-6-13(12)27-9-18(2)16(24)20-17(25)21-18/h3-6,10-11H,7-9H2,1-2H3,(H,19,22)(H2,20,21,24,25). The number of rotatable bonds is 7. The van der Waals surface area contributed by atoms with Gasteiger partial charge in [-0.1, -0.05) is 12.1 Å². The van der Waals surface area contributed by atoms with Gasteiger partial charge < -0.3 is 15.4 Å². The summed E-state index contributed by atoms with van der Waals surface area (Å²) in [4.78, 5) is 48.4. The predicted molar refractivity (Wildman–Crippen MR) is 98.3 cm³/mol. The molecule has 1 aliphatic heterocycles. The molecule has 1 aliphatic carbocycles. The van der Waals surface area contributed by atoms with E-state index in [9.17, 15) is 19.2 Å². The van der Waals surface area contributed by atoms with Crippen LogP contribution in [0.2, 0.25) is 0 Å². The van der Waals surface area contributed by atoms with Crippen molar-refractivity contribution in [3.05, 3.63) is 29.8 Å². The fourth-order valence-electron chi connectivity index (χ4n) is 2.49. The fourth-order valence-corrected chi connectivity index (χ4v) is 3.62. The van der Waals surface area contributed by atoms with Gasteiger partial charge in [-0.15, -0.1) is 11.8 Å². The number of amides is 4. The van der Waals surface area contributed by atoms with E-state index in [4.69, 9.17) is 4.74 Å². The molecule has 144 valence electrons. The molecule has 3 N–H and O–H groups in total. The van der Waals surface area contributed by atoms with Crippen LogP contribution in [0.3, 0.4) is 0 Å². The monoisotopic (exact) mass is 391 g/mol. The zero-order valence-corrected chi connectivity index (χ0v) is 15.9. The van der Waals surface area contributed by atoms with Crippen molar-refractivity contribution in [3.63, 3.8) is 0 Å². The van der Waals surface area contributed by atoms with Crippen LogP contribution in [0.5, 0.6) is 0 Å². The van der Waals surface area contributed by atoms with Crippen molar-refractivity contribution in [1.82, 2.24) is 16.0 Å². The summed E-state index contributed by atoms with van der Waals surface area (Å²) >= 11 is 1.26. The molecule has 2 atom stereocenters. The number of hydrogen-bond acceptors (Lipinski definition) is 6. The van der Waals surface area contributed by atoms with Crippen LogP contribution in [0.4, 0.5) is 4.79 Å². The van der Waals surface area contributed by atoms with Crippen LogP contribution in [0.1, 0.15) is 37.0 Å². The van der Waals surface area contributed by atoms with Gasteiger partial charge in [-0.2, -0.15) is 0 Å². The molecule has 1 saturated heterocycles. The van der Waals surface area contributed by atoms with Crippen molar-refractivity contribution < 1.29 is 23.9 Å². The first-order valence-electron chi connectivity index (χ1n) is 8.65. The van der Waals surface area contributed by atoms with Gasteiger partial charge in [0.25, 0.3) is 11.8 Å². The Bertz CT molecular complexity index is 795. The van der Waals surface area contributed by atoms with E-state index in [0.29, 0.717) is 10.5 Å². The molecule has 9 heteroatoms. The Morgan fingerprint density at radius 3 is 2.67 bits per heavy atom. The van der Waals surface area contributed by atoms with Gasteiger partial charge in [0.2, 0.25) is 0 Å². The lowest BCUT2D eigenvalue weighted by atomic mass is 10.1. The summed E-state index contributed by atoms with van der Waals surface area (Å²) < 4.78 is 5.29. The molecular formula is C18H21N3O5S. The highest BCUT2D eigenvalue weighted by molar-refractivity contribution is 7.99. The van der Waals surface area contributed by atoms with Crippen LogP contribution in [0.25, 0.3) is 0 Å². The Morgan fingerprint density at radius 1 is 1.33 bits per heavy atom. The molecule has 1 aromatic rings. The van der Waals surface area contributed by atoms with Crippen LogP contribution < -0.4 is 16.0 Å². The number of imide groups is 1. The SMILES string of the molecule is CC(OC(=O)c1ccccc1SCC1(C)NC(=O)NC1=O)C(=O)NC1CC1. The fraction of sp³-hybridized carbons (Fsp3) is 0.444. The summed E-state index contributed by atoms with van der Waals surface area (Å²) in [5.41, 5.74) is -0.752. The first-order valence-corrected chi connectivity index (χ1v) is 9.64. The van der Waals surface area contributed by atoms with Gasteiger partial charge in [-0.25, -0.2) is 9.59 Å². The number of hydrogen-bond donors (Lipinski definition) is 3. The Labute approximate surface area is 160 Å². The molecule has 8 nitrogen and oxygen atoms in total. The topological polar surface area (TPSA) is 114 Å². The molecule has 2 unspecified atom stereocenters. The number of carbonyl (C=O) groups is 4. The zero-order chi connectivity index (χ0) is 19.6. The van der Waals surface area contributed by atoms with E-state index >= 15 is 0 Å². The zero-order valence-electron chi connectivity index (χ0n) is 15.0. The third-order valence-corrected chi connectivity index (χ3v) is 5.71. The van der Waals surface area contributed by atoms with Crippen molar-refractivity contribution in [2.75, 3.05) is 5.75 Å². The second kappa shape index (κ2) is 7.59. The Kier molecular flexibility index (Phi) is 5.41. The van der Waals surface area contributed by atoms with Crippen LogP contribution in [-0.4, -0.2) is 47.3 Å². The van der Waals surface area contributed by atoms with E-state index in [-0.39, 0.29) is 17.7 Å². The largest absolute Gasteiger partial charge is 0.449 e. The highest BCUT2D eigenvalue weighted by Crippen LogP contribution is 2.28. The molecule has 3 rings (SSSR count). The summed E-state index contributed by atoms with van der Waals surface area (Å²) in [5, 5.41) is 7.58. The van der Waals surface area contributed by atoms with Gasteiger partial charge in [-0.05, 0) is 38.8 Å². The van der Waals surface area contributed by atoms with Gasteiger partial charge in [0.05, 0.1) is 5.56 Å². The summed E-state index contributed by atoms with van der Waals surface area (Å²) in [5.74, 6) is -1.09. The predicted octanol–water partition coefficient (Wildman–Crippen LogP) is 1.20. The number of ether oxygens (including phenoxy) is 1. The van der Waals surface area contributed by atoms with Crippen molar-refractivity contribution >= 4 is 35.6 Å². The molecule has 2 aliphatic rings. The number of urea groups is 1. The molecule has 0 aromatic heterocycles. The number of carbonyl (C=O) groups excluding carboxylic acids is 4. The summed E-state index contributed by atoms with van der Waals surface area (Å²) in [6.07, 6.45) is 1.01. The van der Waals surface area contributed by atoms with E-state index < -0.39 is 29.6 Å². The van der Waals surface area contributed by atoms with E-state index in [1.54, 1.807) is 31.2 Å². The molecule has 0 radical (unpaired) electrons. The van der Waals surface area contributed by atoms with E-state index in [1.807, 2.05) is 0 Å². The summed E-state index contributed by atoms with van der Waals surface area (Å²) in [6, 6.07) is 6.45. The van der Waals surface area contributed by atoms with Crippen molar-refractivity contribution in [3.8, 4) is 0 Å². The maximum atomic E-state index is 12.5. The number of benzene rings is 1. The number of esters is 1. The molecule has 0 bridgehead atoms. The average Bonchev–Trinajstić information content (AvgIpc) is 3.39. The van der Waals surface area contributed by atoms with Crippen molar-refractivity contribution in [2.45, 2.75) is 49.3 Å². The van der Waals surface area contributed by atoms with Gasteiger partial charge in [0.1, 0.15) is 5.54 Å². The molecule has 2 fully saturated rings. The van der Waals surface area contributed by atoms with Crippen LogP contribution in [-0.2, 0) is 14.3 Å². The third-order valence-electron chi connectivity index (χ3n) is 4.32. The summed E-state index contributed by atoms with van der Waals surface area (Å²) in [6.45, 7) is 3.15. The van der Waals surface area contributed by atoms with E-state index in [2.05, 4.69) is 16.0 Å². The molecular weight excluding hydrogens is 370 g/mol. The van der Waals surface area contributed by atoms with Crippen LogP contribution in [0.15, 0.2) is 29.2 Å². The highest BCUT2D eigenvalue weighted by atomic mass is 32.2. The van der Waals surface area contributed by atoms with Gasteiger partial charge in [0, 0.05) is 16.7 Å². The lowest BCUT2D eigenvalue weighted by Crippen LogP contribution is -2.46. The smallest absolute Gasteiger partial charge is 0.340 e. The van der Waals surface area contributed by atoms with Gasteiger partial charge in [-0.3, -0.25) is 14.9 Å². The van der Waals surface area contributed by atoms with E-state index in [1.165, 1.54) is 18.7 Å². The van der Waals surface area contributed by atoms with Gasteiger partial charge >= 0.3 is 12.0 Å². The molecule has 4 amide bonds. The van der Waals surface area contributed by atoms with Gasteiger partial charge in [0.15, 0.2) is 6.10 Å². The molecule has 0 spiro atoms. The Balaban J connectivity index is 1.64. The number of thioether (sulfide) groups is 1. The highest BCUT2D eigenvalue weighted by Gasteiger charge is 2.42. The Morgan fingerprint density at radius 2 is 2.04 bits per heavy atom. The maximum absolute atomic E-state index is 12.5. The third kappa shape index (κ3) is 4.60. The molecule has 1 saturated carbocycles. The van der Waals surface area contributed by atoms with E-state index in [0.717, 1.165) is 12.8 Å². The van der Waals surface area contributed by atoms with Crippen LogP contribution in [0, 0.1) is 0 Å². The second-order valence-electron chi connectivity index (χ2n) is 6.86. The molecule has 1 heterocycles. The normalized spacial score (nSPS) is 22.6. The van der Waals surface area contributed by atoms with Crippen molar-refractivity contribution in [1.29, 1.82) is 0 Å². The van der Waals surface area contributed by atoms with Crippen molar-refractivity contribution in [2.24, 2.45) is 0 Å². The first kappa shape index (κ1) is 19.2. The minimum Gasteiger partial charge on any atom is -0.449 e. The lowest BCUT2D eigenvalue weighted by molar-refractivity contribution is -0.129. The molecule has 27 heavy (non-hydrogen) atoms. The second-order valence-corrected chi connectivity index (χ2v) is 7.87. The summed E-state index contributed by atoms with van der Waals surface area (Å²) in [7, 11) is 0. The number of nitrogens with one attached hydrogen (secondary N) is 3. The minimum absolute atomic E-state index is 0.190. The lowest BCUT2D eigenvalue weighted by Gasteiger charge is -2.20. The minimum atomic E-state index is -1.06.